The molecule has 2 aliphatic rings. The van der Waals surface area contributed by atoms with E-state index in [-0.39, 0.29) is 23.5 Å². The first-order valence-corrected chi connectivity index (χ1v) is 9.52. The number of carbonyl (C=O) groups is 1. The van der Waals surface area contributed by atoms with Gasteiger partial charge in [0, 0.05) is 31.7 Å². The largest absolute Gasteiger partial charge is 0.378 e. The van der Waals surface area contributed by atoms with Crippen LogP contribution in [-0.2, 0) is 16.0 Å². The van der Waals surface area contributed by atoms with Crippen LogP contribution in [-0.4, -0.2) is 59.1 Å². The van der Waals surface area contributed by atoms with Gasteiger partial charge in [-0.15, -0.1) is 0 Å². The number of carbonyl (C=O) groups excluding carboxylic acids is 1. The molecule has 140 valence electrons. The summed E-state index contributed by atoms with van der Waals surface area (Å²) in [5.41, 5.74) is 1.50. The van der Waals surface area contributed by atoms with E-state index in [2.05, 4.69) is 18.9 Å². The van der Waals surface area contributed by atoms with Crippen LogP contribution in [0.1, 0.15) is 56.2 Å². The maximum Gasteiger partial charge on any atom is 0.272 e. The first-order chi connectivity index (χ1) is 11.9. The van der Waals surface area contributed by atoms with Crippen molar-refractivity contribution in [1.82, 2.24) is 14.7 Å². The van der Waals surface area contributed by atoms with E-state index in [1.165, 1.54) is 0 Å². The second kappa shape index (κ2) is 7.46. The Labute approximate surface area is 150 Å². The molecule has 1 aromatic rings. The van der Waals surface area contributed by atoms with Gasteiger partial charge in [-0.2, -0.15) is 5.10 Å². The van der Waals surface area contributed by atoms with Crippen LogP contribution in [0.4, 0.5) is 0 Å². The summed E-state index contributed by atoms with van der Waals surface area (Å²) in [6.07, 6.45) is 3.35. The molecule has 2 saturated heterocycles. The molecule has 6 nitrogen and oxygen atoms in total. The molecule has 6 heteroatoms. The van der Waals surface area contributed by atoms with Gasteiger partial charge in [0.05, 0.1) is 24.5 Å². The summed E-state index contributed by atoms with van der Waals surface area (Å²) < 4.78 is 13.9. The number of likely N-dealkylation sites (tertiary alicyclic amines) is 1. The van der Waals surface area contributed by atoms with E-state index < -0.39 is 0 Å². The highest BCUT2D eigenvalue weighted by molar-refractivity contribution is 5.92. The van der Waals surface area contributed by atoms with Crippen LogP contribution >= 0.6 is 0 Å². The molecule has 0 N–H and O–H groups in total. The third kappa shape index (κ3) is 3.75. The Hall–Kier alpha value is -1.40. The van der Waals surface area contributed by atoms with E-state index in [1.807, 2.05) is 24.8 Å². The smallest absolute Gasteiger partial charge is 0.272 e. The molecule has 1 amide bonds. The fourth-order valence-electron chi connectivity index (χ4n) is 4.13. The van der Waals surface area contributed by atoms with Crippen LogP contribution in [0.25, 0.3) is 0 Å². The predicted octanol–water partition coefficient (Wildman–Crippen LogP) is 2.65. The SMILES string of the molecule is CCn1nc(C)cc1C(=O)N1CC[C@@H]2OCCC[C@]2(COC(C)C)C1. The number of amides is 1. The first-order valence-electron chi connectivity index (χ1n) is 9.52. The van der Waals surface area contributed by atoms with Crippen molar-refractivity contribution < 1.29 is 14.3 Å². The number of fused-ring (bicyclic) bond motifs is 1. The molecule has 3 rings (SSSR count). The van der Waals surface area contributed by atoms with Gasteiger partial charge in [0.15, 0.2) is 0 Å². The summed E-state index contributed by atoms with van der Waals surface area (Å²) in [6.45, 7) is 11.7. The third-order valence-corrected chi connectivity index (χ3v) is 5.40. The standard InChI is InChI=1S/C19H31N3O3/c1-5-22-16(11-15(4)20-22)18(23)21-9-7-17-19(12-21,8-6-10-24-17)13-25-14(2)3/h11,14,17H,5-10,12-13H2,1-4H3/t17-,19+/m0/s1. The van der Waals surface area contributed by atoms with Gasteiger partial charge in [-0.3, -0.25) is 9.48 Å². The van der Waals surface area contributed by atoms with Crippen molar-refractivity contribution in [3.63, 3.8) is 0 Å². The number of hydrogen-bond acceptors (Lipinski definition) is 4. The molecule has 3 heterocycles. The van der Waals surface area contributed by atoms with Gasteiger partial charge in [-0.25, -0.2) is 0 Å². The Morgan fingerprint density at radius 3 is 3.04 bits per heavy atom. The zero-order chi connectivity index (χ0) is 18.0. The zero-order valence-electron chi connectivity index (χ0n) is 16.0. The number of aromatic nitrogens is 2. The monoisotopic (exact) mass is 349 g/mol. The normalized spacial score (nSPS) is 26.8. The quantitative estimate of drug-likeness (QED) is 0.820. The van der Waals surface area contributed by atoms with Crippen LogP contribution in [0.5, 0.6) is 0 Å². The first kappa shape index (κ1) is 18.4. The van der Waals surface area contributed by atoms with E-state index in [0.29, 0.717) is 25.4 Å². The minimum Gasteiger partial charge on any atom is -0.378 e. The van der Waals surface area contributed by atoms with Gasteiger partial charge >= 0.3 is 0 Å². The van der Waals surface area contributed by atoms with Crippen molar-refractivity contribution in [1.29, 1.82) is 0 Å². The lowest BCUT2D eigenvalue weighted by Gasteiger charge is -2.50. The highest BCUT2D eigenvalue weighted by Gasteiger charge is 2.47. The number of ether oxygens (including phenoxy) is 2. The van der Waals surface area contributed by atoms with Crippen molar-refractivity contribution in [3.05, 3.63) is 17.5 Å². The lowest BCUT2D eigenvalue weighted by Crippen LogP contribution is -2.58. The summed E-state index contributed by atoms with van der Waals surface area (Å²) in [7, 11) is 0. The fraction of sp³-hybridized carbons (Fsp3) is 0.789. The van der Waals surface area contributed by atoms with Gasteiger partial charge in [-0.1, -0.05) is 0 Å². The number of rotatable bonds is 5. The topological polar surface area (TPSA) is 56.6 Å². The molecule has 1 aromatic heterocycles. The van der Waals surface area contributed by atoms with Crippen LogP contribution in [0.15, 0.2) is 6.07 Å². The summed E-state index contributed by atoms with van der Waals surface area (Å²) in [5, 5.41) is 4.42. The highest BCUT2D eigenvalue weighted by atomic mass is 16.5. The second-order valence-electron chi connectivity index (χ2n) is 7.69. The summed E-state index contributed by atoms with van der Waals surface area (Å²) in [5.74, 6) is 0.0791. The molecule has 0 spiro atoms. The van der Waals surface area contributed by atoms with Crippen molar-refractivity contribution >= 4 is 5.91 Å². The van der Waals surface area contributed by atoms with Gasteiger partial charge in [0.2, 0.25) is 0 Å². The lowest BCUT2D eigenvalue weighted by atomic mass is 9.73. The van der Waals surface area contributed by atoms with Crippen LogP contribution in [0.2, 0.25) is 0 Å². The van der Waals surface area contributed by atoms with Crippen LogP contribution in [0.3, 0.4) is 0 Å². The highest BCUT2D eigenvalue weighted by Crippen LogP contribution is 2.41. The summed E-state index contributed by atoms with van der Waals surface area (Å²) in [4.78, 5) is 15.1. The van der Waals surface area contributed by atoms with E-state index in [9.17, 15) is 4.79 Å². The molecule has 25 heavy (non-hydrogen) atoms. The predicted molar refractivity (Wildman–Crippen MR) is 95.7 cm³/mol. The maximum absolute atomic E-state index is 13.1. The van der Waals surface area contributed by atoms with Crippen molar-refractivity contribution in [2.75, 3.05) is 26.3 Å². The summed E-state index contributed by atoms with van der Waals surface area (Å²) >= 11 is 0. The van der Waals surface area contributed by atoms with Crippen LogP contribution in [0, 0.1) is 12.3 Å². The summed E-state index contributed by atoms with van der Waals surface area (Å²) in [6, 6.07) is 1.90. The van der Waals surface area contributed by atoms with E-state index in [4.69, 9.17) is 9.47 Å². The molecule has 0 unspecified atom stereocenters. The van der Waals surface area contributed by atoms with Crippen molar-refractivity contribution in [2.24, 2.45) is 5.41 Å². The van der Waals surface area contributed by atoms with Crippen molar-refractivity contribution in [2.45, 2.75) is 65.7 Å². The molecule has 0 saturated carbocycles. The third-order valence-electron chi connectivity index (χ3n) is 5.40. The molecule has 0 radical (unpaired) electrons. The number of nitrogens with zero attached hydrogens (tertiary/aromatic N) is 3. The van der Waals surface area contributed by atoms with Gasteiger partial charge < -0.3 is 14.4 Å². The zero-order valence-corrected chi connectivity index (χ0v) is 16.0. The van der Waals surface area contributed by atoms with E-state index in [0.717, 1.165) is 38.1 Å². The molecule has 2 fully saturated rings. The molecular formula is C19H31N3O3. The fourth-order valence-corrected chi connectivity index (χ4v) is 4.13. The van der Waals surface area contributed by atoms with Gasteiger partial charge in [0.1, 0.15) is 5.69 Å². The Kier molecular flexibility index (Phi) is 5.49. The minimum absolute atomic E-state index is 0.0791. The second-order valence-corrected chi connectivity index (χ2v) is 7.69. The Morgan fingerprint density at radius 1 is 1.52 bits per heavy atom. The van der Waals surface area contributed by atoms with Gasteiger partial charge in [0.25, 0.3) is 5.91 Å². The molecular weight excluding hydrogens is 318 g/mol. The average Bonchev–Trinajstić information content (AvgIpc) is 2.99. The van der Waals surface area contributed by atoms with Crippen molar-refractivity contribution in [3.8, 4) is 0 Å². The van der Waals surface area contributed by atoms with E-state index in [1.54, 1.807) is 4.68 Å². The Balaban J connectivity index is 1.80. The van der Waals surface area contributed by atoms with Crippen LogP contribution < -0.4 is 0 Å². The lowest BCUT2D eigenvalue weighted by molar-refractivity contribution is -0.152. The maximum atomic E-state index is 13.1. The van der Waals surface area contributed by atoms with E-state index >= 15 is 0 Å². The minimum atomic E-state index is -0.0808. The number of aryl methyl sites for hydroxylation is 2. The molecule has 2 atom stereocenters. The molecule has 0 aromatic carbocycles. The molecule has 2 aliphatic heterocycles. The number of hydrogen-bond donors (Lipinski definition) is 0. The Bertz CT molecular complexity index is 613. The number of piperidine rings is 1. The molecule has 0 bridgehead atoms. The van der Waals surface area contributed by atoms with Gasteiger partial charge in [-0.05, 0) is 53.0 Å². The Morgan fingerprint density at radius 2 is 2.32 bits per heavy atom. The molecule has 0 aliphatic carbocycles. The average molecular weight is 349 g/mol.